The smallest absolute Gasteiger partial charge is 0.339 e. The summed E-state index contributed by atoms with van der Waals surface area (Å²) in [6, 6.07) is 12.3. The van der Waals surface area contributed by atoms with E-state index in [-0.39, 0.29) is 5.56 Å². The van der Waals surface area contributed by atoms with Crippen molar-refractivity contribution in [1.29, 1.82) is 0 Å². The minimum atomic E-state index is -1.01. The molecule has 4 heteroatoms. The van der Waals surface area contributed by atoms with E-state index in [9.17, 15) is 4.79 Å². The number of hydrogen-bond acceptors (Lipinski definition) is 2. The fourth-order valence-corrected chi connectivity index (χ4v) is 1.89. The molecule has 1 N–H and O–H groups in total. The monoisotopic (exact) mass is 306 g/mol. The molecule has 2 aromatic carbocycles. The van der Waals surface area contributed by atoms with Gasteiger partial charge in [-0.25, -0.2) is 4.79 Å². The molecule has 92 valence electrons. The van der Waals surface area contributed by atoms with Gasteiger partial charge in [0.25, 0.3) is 0 Å². The van der Waals surface area contributed by atoms with Crippen molar-refractivity contribution >= 4 is 21.9 Å². The Bertz CT molecular complexity index is 593. The summed E-state index contributed by atoms with van der Waals surface area (Å²) >= 11 is 3.30. The number of rotatable bonds is 3. The highest BCUT2D eigenvalue weighted by Crippen LogP contribution is 2.30. The topological polar surface area (TPSA) is 46.5 Å². The number of carboxylic acids is 1. The van der Waals surface area contributed by atoms with E-state index in [2.05, 4.69) is 15.9 Å². The van der Waals surface area contributed by atoms with E-state index in [1.807, 2.05) is 31.2 Å². The highest BCUT2D eigenvalue weighted by atomic mass is 79.9. The second-order valence-corrected chi connectivity index (χ2v) is 4.73. The van der Waals surface area contributed by atoms with Gasteiger partial charge in [0.15, 0.2) is 0 Å². The van der Waals surface area contributed by atoms with Crippen LogP contribution in [-0.2, 0) is 0 Å². The molecule has 0 unspecified atom stereocenters. The van der Waals surface area contributed by atoms with E-state index in [4.69, 9.17) is 9.84 Å². The van der Waals surface area contributed by atoms with Gasteiger partial charge in [-0.3, -0.25) is 0 Å². The van der Waals surface area contributed by atoms with Crippen molar-refractivity contribution in [1.82, 2.24) is 0 Å². The van der Waals surface area contributed by atoms with Crippen molar-refractivity contribution in [2.75, 3.05) is 0 Å². The van der Waals surface area contributed by atoms with E-state index in [0.717, 1.165) is 10.0 Å². The van der Waals surface area contributed by atoms with Gasteiger partial charge >= 0.3 is 5.97 Å². The minimum absolute atomic E-state index is 0.140. The van der Waals surface area contributed by atoms with Crippen LogP contribution in [0.1, 0.15) is 15.9 Å². The summed E-state index contributed by atoms with van der Waals surface area (Å²) in [4.78, 5) is 11.1. The Hall–Kier alpha value is -1.81. The third kappa shape index (κ3) is 2.71. The quantitative estimate of drug-likeness (QED) is 0.922. The molecule has 0 aromatic heterocycles. The average molecular weight is 307 g/mol. The summed E-state index contributed by atoms with van der Waals surface area (Å²) in [5.74, 6) is -0.0321. The summed E-state index contributed by atoms with van der Waals surface area (Å²) in [6.45, 7) is 1.91. The number of carboxylic acid groups (broad SMARTS) is 1. The third-order valence-electron chi connectivity index (χ3n) is 2.49. The fourth-order valence-electron chi connectivity index (χ4n) is 1.55. The Labute approximate surface area is 113 Å². The van der Waals surface area contributed by atoms with Gasteiger partial charge in [-0.05, 0) is 36.8 Å². The van der Waals surface area contributed by atoms with Crippen LogP contribution in [0.25, 0.3) is 0 Å². The van der Waals surface area contributed by atoms with Crippen LogP contribution in [0.3, 0.4) is 0 Å². The molecule has 0 aliphatic carbocycles. The lowest BCUT2D eigenvalue weighted by molar-refractivity contribution is 0.0694. The third-order valence-corrected chi connectivity index (χ3v) is 2.98. The van der Waals surface area contributed by atoms with Crippen molar-refractivity contribution in [2.24, 2.45) is 0 Å². The van der Waals surface area contributed by atoms with Crippen LogP contribution in [0, 0.1) is 6.92 Å². The summed E-state index contributed by atoms with van der Waals surface area (Å²) in [7, 11) is 0. The van der Waals surface area contributed by atoms with Crippen LogP contribution in [0.15, 0.2) is 46.9 Å². The van der Waals surface area contributed by atoms with Crippen molar-refractivity contribution in [3.05, 3.63) is 58.1 Å². The van der Waals surface area contributed by atoms with Crippen LogP contribution < -0.4 is 4.74 Å². The normalized spacial score (nSPS) is 10.1. The van der Waals surface area contributed by atoms with Crippen LogP contribution in [0.5, 0.6) is 11.5 Å². The average Bonchev–Trinajstić information content (AvgIpc) is 2.32. The molecule has 0 heterocycles. The van der Waals surface area contributed by atoms with Crippen molar-refractivity contribution < 1.29 is 14.6 Å². The summed E-state index contributed by atoms with van der Waals surface area (Å²) in [5.41, 5.74) is 1.09. The standard InChI is InChI=1S/C14H11BrO3/c1-9-4-2-3-5-12(9)18-13-8-10(15)6-7-11(13)14(16)17/h2-8H,1H3,(H,16,17). The lowest BCUT2D eigenvalue weighted by Gasteiger charge is -2.11. The number of carbonyl (C=O) groups is 1. The second-order valence-electron chi connectivity index (χ2n) is 3.81. The van der Waals surface area contributed by atoms with E-state index >= 15 is 0 Å². The zero-order valence-electron chi connectivity index (χ0n) is 9.68. The summed E-state index contributed by atoms with van der Waals surface area (Å²) in [6.07, 6.45) is 0. The molecule has 0 saturated carbocycles. The van der Waals surface area contributed by atoms with Gasteiger partial charge in [0.1, 0.15) is 17.1 Å². The van der Waals surface area contributed by atoms with Crippen LogP contribution in [-0.4, -0.2) is 11.1 Å². The maximum absolute atomic E-state index is 11.1. The van der Waals surface area contributed by atoms with Crippen LogP contribution in [0.2, 0.25) is 0 Å². The first-order valence-corrected chi connectivity index (χ1v) is 6.13. The van der Waals surface area contributed by atoms with E-state index in [1.165, 1.54) is 6.07 Å². The number of aromatic carboxylic acids is 1. The summed E-state index contributed by atoms with van der Waals surface area (Å²) < 4.78 is 6.45. The Balaban J connectivity index is 2.42. The number of hydrogen-bond donors (Lipinski definition) is 1. The van der Waals surface area contributed by atoms with Gasteiger partial charge in [-0.2, -0.15) is 0 Å². The molecule has 0 aliphatic rings. The lowest BCUT2D eigenvalue weighted by Crippen LogP contribution is -2.00. The molecular weight excluding hydrogens is 296 g/mol. The first kappa shape index (κ1) is 12.6. The Morgan fingerprint density at radius 1 is 1.17 bits per heavy atom. The van der Waals surface area contributed by atoms with E-state index in [0.29, 0.717) is 11.5 Å². The Kier molecular flexibility index (Phi) is 3.67. The number of aryl methyl sites for hydroxylation is 1. The molecule has 0 aliphatic heterocycles. The van der Waals surface area contributed by atoms with Crippen molar-refractivity contribution in [3.8, 4) is 11.5 Å². The molecule has 0 atom stereocenters. The van der Waals surface area contributed by atoms with Crippen molar-refractivity contribution in [3.63, 3.8) is 0 Å². The first-order chi connectivity index (χ1) is 8.58. The highest BCUT2D eigenvalue weighted by Gasteiger charge is 2.13. The van der Waals surface area contributed by atoms with Crippen molar-refractivity contribution in [2.45, 2.75) is 6.92 Å². The molecule has 0 fully saturated rings. The van der Waals surface area contributed by atoms with Gasteiger partial charge in [0, 0.05) is 4.47 Å². The van der Waals surface area contributed by atoms with Gasteiger partial charge in [0.2, 0.25) is 0 Å². The molecular formula is C14H11BrO3. The summed E-state index contributed by atoms with van der Waals surface area (Å²) in [5, 5.41) is 9.11. The maximum Gasteiger partial charge on any atom is 0.339 e. The van der Waals surface area contributed by atoms with E-state index in [1.54, 1.807) is 12.1 Å². The SMILES string of the molecule is Cc1ccccc1Oc1cc(Br)ccc1C(=O)O. The highest BCUT2D eigenvalue weighted by molar-refractivity contribution is 9.10. The van der Waals surface area contributed by atoms with Crippen LogP contribution in [0.4, 0.5) is 0 Å². The number of halogens is 1. The molecule has 18 heavy (non-hydrogen) atoms. The first-order valence-electron chi connectivity index (χ1n) is 5.34. The molecule has 0 spiro atoms. The molecule has 3 nitrogen and oxygen atoms in total. The van der Waals surface area contributed by atoms with Crippen LogP contribution >= 0.6 is 15.9 Å². The minimum Gasteiger partial charge on any atom is -0.478 e. The van der Waals surface area contributed by atoms with Gasteiger partial charge < -0.3 is 9.84 Å². The zero-order chi connectivity index (χ0) is 13.1. The number of para-hydroxylation sites is 1. The predicted molar refractivity (Wildman–Crippen MR) is 72.4 cm³/mol. The molecule has 2 aromatic rings. The Morgan fingerprint density at radius 3 is 2.56 bits per heavy atom. The van der Waals surface area contributed by atoms with Gasteiger partial charge in [-0.1, -0.05) is 34.1 Å². The number of ether oxygens (including phenoxy) is 1. The van der Waals surface area contributed by atoms with Gasteiger partial charge in [0.05, 0.1) is 0 Å². The maximum atomic E-state index is 11.1. The van der Waals surface area contributed by atoms with E-state index < -0.39 is 5.97 Å². The molecule has 0 bridgehead atoms. The Morgan fingerprint density at radius 2 is 1.89 bits per heavy atom. The molecule has 2 rings (SSSR count). The second kappa shape index (κ2) is 5.23. The zero-order valence-corrected chi connectivity index (χ0v) is 11.3. The predicted octanol–water partition coefficient (Wildman–Crippen LogP) is 4.25. The molecule has 0 amide bonds. The molecule has 0 saturated heterocycles. The number of benzene rings is 2. The van der Waals surface area contributed by atoms with Gasteiger partial charge in [-0.15, -0.1) is 0 Å². The lowest BCUT2D eigenvalue weighted by atomic mass is 10.2. The fraction of sp³-hybridized carbons (Fsp3) is 0.0714. The largest absolute Gasteiger partial charge is 0.478 e. The molecule has 0 radical (unpaired) electrons.